The van der Waals surface area contributed by atoms with Gasteiger partial charge in [0, 0.05) is 0 Å². The van der Waals surface area contributed by atoms with Gasteiger partial charge in [-0.05, 0) is 19.1 Å². The first-order chi connectivity index (χ1) is 8.02. The molecule has 0 radical (unpaired) electrons. The molecule has 0 atom stereocenters. The van der Waals surface area contributed by atoms with Gasteiger partial charge in [0.05, 0.1) is 21.3 Å². The average Bonchev–Trinajstić information content (AvgIpc) is 2.60. The van der Waals surface area contributed by atoms with Crippen molar-refractivity contribution in [1.29, 1.82) is 0 Å². The van der Waals surface area contributed by atoms with Crippen molar-refractivity contribution in [2.45, 2.75) is 6.92 Å². The zero-order valence-electron chi connectivity index (χ0n) is 8.70. The van der Waals surface area contributed by atoms with Crippen molar-refractivity contribution < 1.29 is 14.4 Å². The molecule has 17 heavy (non-hydrogen) atoms. The van der Waals surface area contributed by atoms with Crippen LogP contribution >= 0.6 is 23.2 Å². The quantitative estimate of drug-likeness (QED) is 0.906. The molecule has 2 aromatic rings. The summed E-state index contributed by atoms with van der Waals surface area (Å²) >= 11 is 12.0. The van der Waals surface area contributed by atoms with Crippen LogP contribution in [0.2, 0.25) is 10.0 Å². The summed E-state index contributed by atoms with van der Waals surface area (Å²) in [6, 6.07) is 4.87. The number of carbonyl (C=O) groups is 1. The van der Waals surface area contributed by atoms with Gasteiger partial charge in [0.15, 0.2) is 5.76 Å². The summed E-state index contributed by atoms with van der Waals surface area (Å²) in [7, 11) is 0. The van der Waals surface area contributed by atoms with Crippen LogP contribution in [0.1, 0.15) is 16.1 Å². The summed E-state index contributed by atoms with van der Waals surface area (Å²) in [5.41, 5.74) is 0.595. The molecule has 0 unspecified atom stereocenters. The van der Waals surface area contributed by atoms with Crippen LogP contribution in [0, 0.1) is 6.92 Å². The Balaban J connectivity index is 2.73. The second kappa shape index (κ2) is 4.39. The summed E-state index contributed by atoms with van der Waals surface area (Å²) in [6.07, 6.45) is 0. The van der Waals surface area contributed by atoms with Gasteiger partial charge in [-0.3, -0.25) is 0 Å². The van der Waals surface area contributed by atoms with Gasteiger partial charge >= 0.3 is 5.97 Å². The maximum Gasteiger partial charge on any atom is 0.341 e. The Bertz CT molecular complexity index is 572. The molecule has 0 spiro atoms. The maximum absolute atomic E-state index is 11.1. The van der Waals surface area contributed by atoms with Gasteiger partial charge in [0.1, 0.15) is 5.56 Å². The van der Waals surface area contributed by atoms with E-state index >= 15 is 0 Å². The number of aryl methyl sites for hydroxylation is 1. The highest BCUT2D eigenvalue weighted by molar-refractivity contribution is 6.39. The van der Waals surface area contributed by atoms with Crippen molar-refractivity contribution in [2.75, 3.05) is 0 Å². The van der Waals surface area contributed by atoms with E-state index in [9.17, 15) is 4.79 Å². The number of carboxylic acids is 1. The molecule has 1 aromatic carbocycles. The van der Waals surface area contributed by atoms with E-state index in [1.165, 1.54) is 0 Å². The second-order valence-electron chi connectivity index (χ2n) is 3.37. The number of hydrogen-bond donors (Lipinski definition) is 1. The lowest BCUT2D eigenvalue weighted by atomic mass is 10.1. The first-order valence-corrected chi connectivity index (χ1v) is 5.42. The van der Waals surface area contributed by atoms with Crippen molar-refractivity contribution in [3.05, 3.63) is 39.5 Å². The number of nitrogens with zero attached hydrogens (tertiary/aromatic N) is 1. The zero-order valence-corrected chi connectivity index (χ0v) is 10.2. The lowest BCUT2D eigenvalue weighted by Crippen LogP contribution is -1.99. The van der Waals surface area contributed by atoms with Gasteiger partial charge in [-0.25, -0.2) is 4.79 Å². The van der Waals surface area contributed by atoms with Crippen LogP contribution in [0.4, 0.5) is 0 Å². The Kier molecular flexibility index (Phi) is 3.09. The lowest BCUT2D eigenvalue weighted by molar-refractivity contribution is 0.0696. The van der Waals surface area contributed by atoms with Crippen LogP contribution in [0.3, 0.4) is 0 Å². The molecule has 88 valence electrons. The molecular weight excluding hydrogens is 265 g/mol. The highest BCUT2D eigenvalue weighted by Crippen LogP contribution is 2.37. The molecule has 2 rings (SSSR count). The third-order valence-electron chi connectivity index (χ3n) is 2.27. The number of aromatic carboxylic acids is 1. The lowest BCUT2D eigenvalue weighted by Gasteiger charge is -2.03. The SMILES string of the molecule is Cc1noc(-c2c(Cl)cccc2Cl)c1C(=O)O. The van der Waals surface area contributed by atoms with E-state index < -0.39 is 5.97 Å². The van der Waals surface area contributed by atoms with E-state index in [-0.39, 0.29) is 17.0 Å². The molecule has 1 aromatic heterocycles. The van der Waals surface area contributed by atoms with E-state index in [4.69, 9.17) is 32.8 Å². The molecule has 0 amide bonds. The van der Waals surface area contributed by atoms with Gasteiger partial charge in [0.25, 0.3) is 0 Å². The molecular formula is C11H7Cl2NO3. The number of carboxylic acid groups (broad SMARTS) is 1. The minimum absolute atomic E-state index is 0.0278. The largest absolute Gasteiger partial charge is 0.477 e. The van der Waals surface area contributed by atoms with Gasteiger partial charge in [-0.15, -0.1) is 0 Å². The van der Waals surface area contributed by atoms with E-state index in [0.29, 0.717) is 15.6 Å². The number of rotatable bonds is 2. The van der Waals surface area contributed by atoms with Gasteiger partial charge in [0.2, 0.25) is 0 Å². The summed E-state index contributed by atoms with van der Waals surface area (Å²) in [6.45, 7) is 1.54. The third-order valence-corrected chi connectivity index (χ3v) is 2.90. The fourth-order valence-electron chi connectivity index (χ4n) is 1.51. The molecule has 0 aliphatic heterocycles. The molecule has 1 heterocycles. The molecule has 0 saturated heterocycles. The number of aromatic nitrogens is 1. The second-order valence-corrected chi connectivity index (χ2v) is 4.19. The smallest absolute Gasteiger partial charge is 0.341 e. The average molecular weight is 272 g/mol. The summed E-state index contributed by atoms with van der Waals surface area (Å²) in [5.74, 6) is -1.06. The van der Waals surface area contributed by atoms with E-state index in [0.717, 1.165) is 0 Å². The predicted octanol–water partition coefficient (Wildman–Crippen LogP) is 3.66. The Morgan fingerprint density at radius 3 is 2.47 bits per heavy atom. The summed E-state index contributed by atoms with van der Waals surface area (Å²) < 4.78 is 5.00. The first-order valence-electron chi connectivity index (χ1n) is 4.66. The maximum atomic E-state index is 11.1. The van der Waals surface area contributed by atoms with Crippen molar-refractivity contribution >= 4 is 29.2 Å². The summed E-state index contributed by atoms with van der Waals surface area (Å²) in [4.78, 5) is 11.1. The van der Waals surface area contributed by atoms with E-state index in [2.05, 4.69) is 5.16 Å². The van der Waals surface area contributed by atoms with Gasteiger partial charge < -0.3 is 9.63 Å². The Morgan fingerprint density at radius 2 is 1.94 bits per heavy atom. The monoisotopic (exact) mass is 271 g/mol. The fourth-order valence-corrected chi connectivity index (χ4v) is 2.08. The van der Waals surface area contributed by atoms with Crippen molar-refractivity contribution in [3.63, 3.8) is 0 Å². The van der Waals surface area contributed by atoms with E-state index in [1.54, 1.807) is 25.1 Å². The van der Waals surface area contributed by atoms with E-state index in [1.807, 2.05) is 0 Å². The molecule has 0 bridgehead atoms. The predicted molar refractivity (Wildman–Crippen MR) is 63.7 cm³/mol. The van der Waals surface area contributed by atoms with Gasteiger partial charge in [-0.2, -0.15) is 0 Å². The number of benzene rings is 1. The molecule has 1 N–H and O–H groups in total. The van der Waals surface area contributed by atoms with Gasteiger partial charge in [-0.1, -0.05) is 34.4 Å². The molecule has 0 fully saturated rings. The van der Waals surface area contributed by atoms with Crippen LogP contribution in [-0.4, -0.2) is 16.2 Å². The van der Waals surface area contributed by atoms with Crippen molar-refractivity contribution in [1.82, 2.24) is 5.16 Å². The Morgan fingerprint density at radius 1 is 1.35 bits per heavy atom. The molecule has 0 saturated carbocycles. The van der Waals surface area contributed by atoms with Crippen LogP contribution in [0.25, 0.3) is 11.3 Å². The molecule has 0 aliphatic carbocycles. The third kappa shape index (κ3) is 2.01. The minimum atomic E-state index is -1.13. The highest BCUT2D eigenvalue weighted by atomic mass is 35.5. The number of hydrogen-bond acceptors (Lipinski definition) is 3. The highest BCUT2D eigenvalue weighted by Gasteiger charge is 2.24. The van der Waals surface area contributed by atoms with Crippen LogP contribution in [0.15, 0.2) is 22.7 Å². The van der Waals surface area contributed by atoms with Crippen LogP contribution in [0.5, 0.6) is 0 Å². The first kappa shape index (κ1) is 12.0. The van der Waals surface area contributed by atoms with Crippen molar-refractivity contribution in [2.24, 2.45) is 0 Å². The minimum Gasteiger partial charge on any atom is -0.477 e. The Labute approximate surface area is 107 Å². The molecule has 6 heteroatoms. The standard InChI is InChI=1S/C11H7Cl2NO3/c1-5-8(11(15)16)10(17-14-5)9-6(12)3-2-4-7(9)13/h2-4H,1H3,(H,15,16). The molecule has 4 nitrogen and oxygen atoms in total. The number of halogens is 2. The summed E-state index contributed by atoms with van der Waals surface area (Å²) in [5, 5.41) is 13.3. The zero-order chi connectivity index (χ0) is 12.6. The van der Waals surface area contributed by atoms with Crippen LogP contribution < -0.4 is 0 Å². The Hall–Kier alpha value is -1.52. The van der Waals surface area contributed by atoms with Crippen molar-refractivity contribution in [3.8, 4) is 11.3 Å². The fraction of sp³-hybridized carbons (Fsp3) is 0.0909. The van der Waals surface area contributed by atoms with Crippen LogP contribution in [-0.2, 0) is 0 Å². The molecule has 0 aliphatic rings. The topological polar surface area (TPSA) is 63.3 Å². The normalized spacial score (nSPS) is 10.5.